The lowest BCUT2D eigenvalue weighted by molar-refractivity contribution is -0.0649. The molecule has 0 saturated carbocycles. The fraction of sp³-hybridized carbons (Fsp3) is 0.534. The first kappa shape index (κ1) is 85.9. The highest BCUT2D eigenvalue weighted by Gasteiger charge is 2.52. The van der Waals surface area contributed by atoms with Crippen LogP contribution in [0.3, 0.4) is 0 Å². The largest absolute Gasteiger partial charge is 0.472 e. The number of aliphatic hydroxyl groups is 2. The number of hydrogen-bond acceptors (Lipinski definition) is 43. The Kier molecular flexibility index (Phi) is 24.3. The summed E-state index contributed by atoms with van der Waals surface area (Å²) >= 11 is 0. The number of nitrogen functional groups attached to an aromatic ring is 5. The molecule has 6 aliphatic heterocycles. The lowest BCUT2D eigenvalue weighted by atomic mass is 10.2. The molecule has 23 atom stereocenters. The molecule has 9 aromatic heterocycles. The number of aryl methyl sites for hydroxylation is 1. The second-order valence-electron chi connectivity index (χ2n) is 27.7. The molecule has 5 unspecified atom stereocenters. The minimum absolute atomic E-state index is 0.0390. The number of aromatic amines is 3. The van der Waals surface area contributed by atoms with E-state index >= 15 is 0 Å². The van der Waals surface area contributed by atoms with Crippen molar-refractivity contribution in [3.8, 4) is 0 Å². The summed E-state index contributed by atoms with van der Waals surface area (Å²) in [5, 5.41) is 21.1. The summed E-state index contributed by atoms with van der Waals surface area (Å²) in [6.45, 7) is -4.58. The Balaban J connectivity index is 0.632. The number of nitrogens with one attached hydrogen (secondary N) is 3. The zero-order chi connectivity index (χ0) is 85.4. The maximum absolute atomic E-state index is 14.5. The highest BCUT2D eigenvalue weighted by molar-refractivity contribution is 7.48. The quantitative estimate of drug-likeness (QED) is 0.0186. The predicted molar refractivity (Wildman–Crippen MR) is 394 cm³/mol. The molecule has 120 heavy (non-hydrogen) atoms. The summed E-state index contributed by atoms with van der Waals surface area (Å²) in [5.41, 5.74) is 23.4. The van der Waals surface area contributed by atoms with Crippen molar-refractivity contribution in [3.05, 3.63) is 124 Å². The van der Waals surface area contributed by atoms with Gasteiger partial charge in [-0.05, 0) is 19.1 Å². The number of aromatic nitrogens is 18. The molecule has 0 amide bonds. The zero-order valence-corrected chi connectivity index (χ0v) is 66.0. The van der Waals surface area contributed by atoms with E-state index in [0.717, 1.165) is 38.7 Å². The van der Waals surface area contributed by atoms with E-state index in [1.165, 1.54) is 51.6 Å². The predicted octanol–water partition coefficient (Wildman–Crippen LogP) is -3.03. The van der Waals surface area contributed by atoms with Gasteiger partial charge in [-0.1, -0.05) is 0 Å². The molecule has 0 aromatic carbocycles. The van der Waals surface area contributed by atoms with E-state index in [2.05, 4.69) is 59.8 Å². The lowest BCUT2D eigenvalue weighted by Gasteiger charge is -2.26. The van der Waals surface area contributed by atoms with Crippen LogP contribution in [0.1, 0.15) is 81.5 Å². The van der Waals surface area contributed by atoms with Gasteiger partial charge >= 0.3 is 56.2 Å². The number of aliphatic hydroxyl groups excluding tert-OH is 2. The van der Waals surface area contributed by atoms with Gasteiger partial charge in [0.05, 0.1) is 64.7 Å². The van der Waals surface area contributed by atoms with Crippen LogP contribution in [0.4, 0.5) is 29.4 Å². The van der Waals surface area contributed by atoms with Crippen LogP contribution in [-0.4, -0.2) is 235 Å². The van der Waals surface area contributed by atoms with Gasteiger partial charge in [0.2, 0.25) is 11.9 Å². The standard InChI is InChI=1S/C58H74N23O34P5/c1-23-12-78(58(89)75-51(23)84)40-9-27(33(108-40)16-102-118(94,95)112-26-8-39(77-5-3-37(60)70-57(77)88)107-32(26)15-101-117(92,93)111-25-7-42(105-30(25)13-82)80-21-67-45-49(80)71-54(62)73-52(45)85)113-119(96,97)103-17-34-28(10-41(109-34)79-20-66-44-47(61)64-19-65-48(44)79)115-120(98,99)104-18-35-29(11-43(110-35)81-22-68-46-50(81)72-55(63)74-53(46)86)114-116(90,91)100-14-31-24(83)6-38(106-31)76-4-2-36(59)69-56(76)87/h2-5,12,19-22,24-35,38-43,82-83H,6-11,13-18H2,1H3,(H,90,91)(H,92,93)(H,94,95)(H,96,97)(H,98,99)(H2,59,69,87)(H2,60,70,88)(H2,61,64,65)(H,75,84,89)(H3,62,71,73,85)(H3,63,72,74,86)/t24-,25-,26-,27-,28-,29-,30+,31+,32+,33+,34+,35+,38+,39+,40+,41+,42+,43+/m0/s1. The molecule has 15 rings (SSSR count). The van der Waals surface area contributed by atoms with Crippen molar-refractivity contribution in [1.82, 2.24) is 87.2 Å². The Bertz CT molecular complexity index is 6010. The number of fused-ring (bicyclic) bond motifs is 3. The maximum atomic E-state index is 14.5. The van der Waals surface area contributed by atoms with Gasteiger partial charge in [0.1, 0.15) is 128 Å². The molecule has 15 heterocycles. The fourth-order valence-corrected chi connectivity index (χ4v) is 18.8. The normalized spacial score (nSPS) is 29.7. The molecule has 6 fully saturated rings. The molecule has 6 saturated heterocycles. The minimum atomic E-state index is -5.64. The number of rotatable bonds is 32. The third-order valence-electron chi connectivity index (χ3n) is 19.6. The molecule has 20 N–H and O–H groups in total. The van der Waals surface area contributed by atoms with Gasteiger partial charge in [-0.2, -0.15) is 19.9 Å². The summed E-state index contributed by atoms with van der Waals surface area (Å²) in [4.78, 5) is 177. The smallest absolute Gasteiger partial charge is 0.394 e. The van der Waals surface area contributed by atoms with E-state index in [9.17, 15) is 86.3 Å². The van der Waals surface area contributed by atoms with E-state index in [1.807, 2.05) is 0 Å². The lowest BCUT2D eigenvalue weighted by Crippen LogP contribution is -2.33. The van der Waals surface area contributed by atoms with Crippen molar-refractivity contribution in [1.29, 1.82) is 0 Å². The topological polar surface area (TPSA) is 800 Å². The van der Waals surface area contributed by atoms with Crippen LogP contribution in [0, 0.1) is 6.92 Å². The number of anilines is 5. The first-order chi connectivity index (χ1) is 56.8. The Hall–Kier alpha value is -9.08. The third-order valence-corrected chi connectivity index (χ3v) is 24.7. The van der Waals surface area contributed by atoms with Crippen molar-refractivity contribution in [2.24, 2.45) is 0 Å². The fourth-order valence-electron chi connectivity index (χ4n) is 14.0. The maximum Gasteiger partial charge on any atom is 0.472 e. The molecule has 0 aliphatic carbocycles. The van der Waals surface area contributed by atoms with E-state index in [-0.39, 0.29) is 81.2 Å². The zero-order valence-electron chi connectivity index (χ0n) is 61.6. The summed E-state index contributed by atoms with van der Waals surface area (Å²) < 4.78 is 168. The first-order valence-electron chi connectivity index (χ1n) is 35.7. The number of nitrogens with zero attached hydrogens (tertiary/aromatic N) is 15. The number of phosphoric ester groups is 5. The van der Waals surface area contributed by atoms with Gasteiger partial charge < -0.3 is 91.8 Å². The summed E-state index contributed by atoms with van der Waals surface area (Å²) in [5.74, 6) is -1.03. The number of H-pyrrole nitrogens is 3. The molecule has 650 valence electrons. The van der Waals surface area contributed by atoms with Crippen LogP contribution in [-0.2, 0) is 96.5 Å². The monoisotopic (exact) mass is 1790 g/mol. The summed E-state index contributed by atoms with van der Waals surface area (Å²) in [7, 11) is -27.4. The molecule has 9 aromatic rings. The van der Waals surface area contributed by atoms with Crippen LogP contribution in [0.15, 0.2) is 84.8 Å². The van der Waals surface area contributed by atoms with Crippen LogP contribution in [0.5, 0.6) is 0 Å². The average Bonchev–Trinajstić information content (AvgIpc) is 1.63. The molecule has 57 nitrogen and oxygen atoms in total. The van der Waals surface area contributed by atoms with E-state index in [4.69, 9.17) is 102 Å². The van der Waals surface area contributed by atoms with Crippen LogP contribution >= 0.6 is 39.1 Å². The van der Waals surface area contributed by atoms with E-state index in [0.29, 0.717) is 0 Å². The van der Waals surface area contributed by atoms with Gasteiger partial charge in [-0.3, -0.25) is 102 Å². The SMILES string of the molecule is Cc1cn([C@H]2C[C@H](OP(=O)(O)OC[C@H]3O[C@@H](n4cnc5c(N)ncnc54)C[C@@H]3OP(=O)(O)OC[C@H]3O[C@@H](n4cnc5c(=O)[nH]c(N)nc54)C[C@@H]3OP(=O)(O)OC[C@H]3O[C@@H](n4ccc(N)nc4=O)C[C@@H]3O)[C@@H](COP(=O)(O)O[C@H]3C[C@H](n4ccc(N)nc4=O)O[C@@H]3COP(=O)(O)O[C@H]3C[C@H](n4cnc5c(=O)[nH]c(N)nc54)O[C@@H]3CO)O2)c(=O)[nH]c1=O. The molecule has 0 spiro atoms. The van der Waals surface area contributed by atoms with Crippen molar-refractivity contribution < 1.29 is 131 Å². The van der Waals surface area contributed by atoms with Gasteiger partial charge in [-0.25, -0.2) is 62.1 Å². The number of phosphoric acid groups is 5. The van der Waals surface area contributed by atoms with E-state index < -0.39 is 249 Å². The van der Waals surface area contributed by atoms with Crippen LogP contribution < -0.4 is 62.4 Å². The minimum Gasteiger partial charge on any atom is -0.394 e. The van der Waals surface area contributed by atoms with Gasteiger partial charge in [0.25, 0.3) is 16.7 Å². The van der Waals surface area contributed by atoms with Gasteiger partial charge in [0, 0.05) is 62.7 Å². The van der Waals surface area contributed by atoms with Crippen molar-refractivity contribution in [3.63, 3.8) is 0 Å². The summed E-state index contributed by atoms with van der Waals surface area (Å²) in [6.07, 6.45) is -21.6. The van der Waals surface area contributed by atoms with E-state index in [1.54, 1.807) is 0 Å². The molecule has 0 bridgehead atoms. The highest BCUT2D eigenvalue weighted by Crippen LogP contribution is 2.56. The first-order valence-corrected chi connectivity index (χ1v) is 43.2. The Morgan fingerprint density at radius 2 is 0.767 bits per heavy atom. The molecule has 6 aliphatic rings. The van der Waals surface area contributed by atoms with Crippen molar-refractivity contribution in [2.75, 3.05) is 68.3 Å². The van der Waals surface area contributed by atoms with Crippen LogP contribution in [0.25, 0.3) is 33.5 Å². The second kappa shape index (κ2) is 34.0. The highest BCUT2D eigenvalue weighted by atomic mass is 31.2. The Morgan fingerprint density at radius 3 is 1.17 bits per heavy atom. The van der Waals surface area contributed by atoms with Crippen molar-refractivity contribution in [2.45, 2.75) is 156 Å². The average molecular weight is 1790 g/mol. The molecule has 62 heteroatoms. The van der Waals surface area contributed by atoms with Crippen molar-refractivity contribution >= 4 is 102 Å². The van der Waals surface area contributed by atoms with Gasteiger partial charge in [-0.15, -0.1) is 0 Å². The Morgan fingerprint density at radius 1 is 0.425 bits per heavy atom. The molecular formula is C58H74N23O34P5. The molecule has 0 radical (unpaired) electrons. The summed E-state index contributed by atoms with van der Waals surface area (Å²) in [6, 6.07) is 2.50. The second-order valence-corrected chi connectivity index (χ2v) is 34.7. The number of ether oxygens (including phenoxy) is 6. The number of imidazole rings is 3. The van der Waals surface area contributed by atoms with Gasteiger partial charge in [0.15, 0.2) is 33.8 Å². The van der Waals surface area contributed by atoms with Crippen LogP contribution in [0.2, 0.25) is 0 Å². The third kappa shape index (κ3) is 18.9. The number of nitrogens with two attached hydrogens (primary N) is 5. The Labute approximate surface area is 666 Å². The number of hydrogen-bond donors (Lipinski definition) is 15. The molecular weight excluding hydrogens is 1720 g/mol.